The van der Waals surface area contributed by atoms with Gasteiger partial charge in [0, 0.05) is 11.8 Å². The van der Waals surface area contributed by atoms with Crippen LogP contribution in [-0.4, -0.2) is 24.4 Å². The van der Waals surface area contributed by atoms with E-state index in [0.29, 0.717) is 16.7 Å². The molecule has 0 heterocycles. The molecule has 0 fully saturated rings. The molecule has 28 heavy (non-hydrogen) atoms. The summed E-state index contributed by atoms with van der Waals surface area (Å²) in [4.78, 5) is 24.6. The Hall–Kier alpha value is -2.87. The van der Waals surface area contributed by atoms with Crippen molar-refractivity contribution in [3.05, 3.63) is 70.1 Å². The summed E-state index contributed by atoms with van der Waals surface area (Å²) < 4.78 is 38.2. The number of Topliss-reactive ketones (excluding diaryl/α,β-unsaturated/α-hetero) is 1. The minimum absolute atomic E-state index is 0.0753. The number of rotatable bonds is 6. The molecule has 4 nitrogen and oxygen atoms in total. The molecule has 0 aliphatic rings. The maximum atomic E-state index is 12.7. The number of thiol groups is 1. The number of amides is 1. The average Bonchev–Trinajstić information content (AvgIpc) is 2.70. The molecule has 2 aromatic carbocycles. The van der Waals surface area contributed by atoms with Crippen LogP contribution in [0, 0.1) is 5.41 Å². The topological polar surface area (TPSA) is 70.0 Å². The van der Waals surface area contributed by atoms with Crippen molar-refractivity contribution < 1.29 is 22.8 Å². The first-order valence-electron chi connectivity index (χ1n) is 8.13. The Labute approximate surface area is 165 Å². The van der Waals surface area contributed by atoms with Crippen LogP contribution in [0.5, 0.6) is 0 Å². The number of carbonyl (C=O) groups is 2. The monoisotopic (exact) mass is 406 g/mol. The van der Waals surface area contributed by atoms with E-state index >= 15 is 0 Å². The Bertz CT molecular complexity index is 935. The summed E-state index contributed by atoms with van der Waals surface area (Å²) >= 11 is 4.04. The van der Waals surface area contributed by atoms with E-state index in [0.717, 1.165) is 18.3 Å². The summed E-state index contributed by atoms with van der Waals surface area (Å²) in [5.41, 5.74) is 0.702. The zero-order valence-electron chi connectivity index (χ0n) is 14.8. The summed E-state index contributed by atoms with van der Waals surface area (Å²) in [6, 6.07) is 10.9. The van der Waals surface area contributed by atoms with Crippen LogP contribution in [0.15, 0.2) is 59.0 Å². The minimum atomic E-state index is -4.44. The fourth-order valence-corrected chi connectivity index (χ4v) is 2.54. The highest BCUT2D eigenvalue weighted by Crippen LogP contribution is 2.31. The third-order valence-electron chi connectivity index (χ3n) is 3.96. The van der Waals surface area contributed by atoms with Crippen molar-refractivity contribution in [2.75, 3.05) is 6.54 Å². The second-order valence-electron chi connectivity index (χ2n) is 5.90. The fourth-order valence-electron chi connectivity index (χ4n) is 2.40. The van der Waals surface area contributed by atoms with Crippen LogP contribution in [-0.2, 0) is 11.0 Å². The number of halogens is 3. The van der Waals surface area contributed by atoms with Crippen LogP contribution in [0.2, 0.25) is 0 Å². The molecule has 0 saturated carbocycles. The van der Waals surface area contributed by atoms with Gasteiger partial charge in [-0.1, -0.05) is 30.3 Å². The highest BCUT2D eigenvalue weighted by Gasteiger charge is 2.30. The Morgan fingerprint density at radius 2 is 1.71 bits per heavy atom. The Balaban J connectivity index is 2.23. The molecule has 8 heteroatoms. The van der Waals surface area contributed by atoms with Gasteiger partial charge in [-0.15, -0.1) is 12.6 Å². The normalized spacial score (nSPS) is 12.2. The van der Waals surface area contributed by atoms with Gasteiger partial charge in [-0.05, 0) is 41.8 Å². The van der Waals surface area contributed by atoms with E-state index in [2.05, 4.69) is 17.9 Å². The van der Waals surface area contributed by atoms with E-state index in [1.165, 1.54) is 18.2 Å². The van der Waals surface area contributed by atoms with Gasteiger partial charge in [0.25, 0.3) is 5.91 Å². The number of hydrogen-bond donors (Lipinski definition) is 3. The quantitative estimate of drug-likeness (QED) is 0.375. The maximum Gasteiger partial charge on any atom is 0.416 e. The van der Waals surface area contributed by atoms with Crippen LogP contribution >= 0.6 is 12.6 Å². The van der Waals surface area contributed by atoms with E-state index in [4.69, 9.17) is 5.41 Å². The van der Waals surface area contributed by atoms with Crippen LogP contribution in [0.4, 0.5) is 13.2 Å². The molecule has 0 aliphatic carbocycles. The fraction of sp³-hybridized carbons (Fsp3) is 0.150. The highest BCUT2D eigenvalue weighted by atomic mass is 32.1. The highest BCUT2D eigenvalue weighted by molar-refractivity contribution is 7.85. The van der Waals surface area contributed by atoms with Gasteiger partial charge in [-0.2, -0.15) is 13.2 Å². The lowest BCUT2D eigenvalue weighted by Crippen LogP contribution is -2.30. The molecular weight excluding hydrogens is 389 g/mol. The zero-order valence-corrected chi connectivity index (χ0v) is 15.7. The van der Waals surface area contributed by atoms with E-state index in [1.54, 1.807) is 25.1 Å². The van der Waals surface area contributed by atoms with Crippen molar-refractivity contribution in [1.29, 1.82) is 5.41 Å². The van der Waals surface area contributed by atoms with E-state index < -0.39 is 23.4 Å². The first kappa shape index (κ1) is 21.4. The Kier molecular flexibility index (Phi) is 6.80. The van der Waals surface area contributed by atoms with Gasteiger partial charge in [0.1, 0.15) is 0 Å². The molecular formula is C20H17F3N2O2S. The number of carbonyl (C=O) groups excluding carboxylic acids is 2. The lowest BCUT2D eigenvalue weighted by Gasteiger charge is -2.12. The van der Waals surface area contributed by atoms with Gasteiger partial charge >= 0.3 is 6.18 Å². The minimum Gasteiger partial charge on any atom is -0.345 e. The van der Waals surface area contributed by atoms with Gasteiger partial charge < -0.3 is 10.7 Å². The predicted molar refractivity (Wildman–Crippen MR) is 105 cm³/mol. The van der Waals surface area contributed by atoms with Crippen molar-refractivity contribution in [1.82, 2.24) is 5.32 Å². The predicted octanol–water partition coefficient (Wildman–Crippen LogP) is 4.52. The van der Waals surface area contributed by atoms with Crippen molar-refractivity contribution in [3.8, 4) is 11.1 Å². The van der Waals surface area contributed by atoms with E-state index in [-0.39, 0.29) is 17.0 Å². The van der Waals surface area contributed by atoms with Crippen molar-refractivity contribution in [2.24, 2.45) is 0 Å². The van der Waals surface area contributed by atoms with Crippen molar-refractivity contribution in [2.45, 2.75) is 13.1 Å². The van der Waals surface area contributed by atoms with E-state index in [9.17, 15) is 22.8 Å². The zero-order chi connectivity index (χ0) is 20.9. The molecule has 2 aromatic rings. The van der Waals surface area contributed by atoms with E-state index in [1.807, 2.05) is 0 Å². The van der Waals surface area contributed by atoms with Crippen LogP contribution in [0.3, 0.4) is 0 Å². The number of allylic oxidation sites excluding steroid dienone is 1. The molecule has 2 N–H and O–H groups in total. The summed E-state index contributed by atoms with van der Waals surface area (Å²) in [5, 5.41) is 9.60. The average molecular weight is 406 g/mol. The number of hydrogen-bond acceptors (Lipinski definition) is 4. The molecule has 0 bridgehead atoms. The molecule has 0 atom stereocenters. The summed E-state index contributed by atoms with van der Waals surface area (Å²) in [7, 11) is 0. The van der Waals surface area contributed by atoms with Gasteiger partial charge in [0.05, 0.1) is 17.0 Å². The third-order valence-corrected chi connectivity index (χ3v) is 4.56. The number of alkyl halides is 3. The van der Waals surface area contributed by atoms with Crippen molar-refractivity contribution in [3.63, 3.8) is 0 Å². The molecule has 1 amide bonds. The SMILES string of the molecule is C/C(C=N)=C(/S)C(=O)CNC(=O)c1ccccc1-c1ccc(C(F)(F)F)cc1. The van der Waals surface area contributed by atoms with Crippen LogP contribution < -0.4 is 5.32 Å². The standard InChI is InChI=1S/C20H17F3N2O2S/c1-12(10-24)18(28)17(26)11-25-19(27)16-5-3-2-4-15(16)13-6-8-14(9-7-13)20(21,22)23/h2-10,24,28H,11H2,1H3,(H,25,27)/b18-12-,24-10?. The third kappa shape index (κ3) is 5.10. The first-order valence-corrected chi connectivity index (χ1v) is 8.58. The number of benzene rings is 2. The smallest absolute Gasteiger partial charge is 0.345 e. The second kappa shape index (κ2) is 8.88. The molecule has 0 aromatic heterocycles. The van der Waals surface area contributed by atoms with Gasteiger partial charge in [0.2, 0.25) is 0 Å². The molecule has 0 spiro atoms. The first-order chi connectivity index (χ1) is 13.1. The molecule has 0 saturated heterocycles. The van der Waals surface area contributed by atoms with Gasteiger partial charge in [-0.25, -0.2) is 0 Å². The molecule has 0 aliphatic heterocycles. The van der Waals surface area contributed by atoms with Gasteiger partial charge in [-0.3, -0.25) is 9.59 Å². The summed E-state index contributed by atoms with van der Waals surface area (Å²) in [6.45, 7) is 1.24. The number of nitrogens with one attached hydrogen (secondary N) is 2. The molecule has 146 valence electrons. The Morgan fingerprint density at radius 1 is 1.11 bits per heavy atom. The molecule has 0 unspecified atom stereocenters. The lowest BCUT2D eigenvalue weighted by atomic mass is 9.98. The largest absolute Gasteiger partial charge is 0.416 e. The number of ketones is 1. The second-order valence-corrected chi connectivity index (χ2v) is 6.35. The molecule has 0 radical (unpaired) electrons. The summed E-state index contributed by atoms with van der Waals surface area (Å²) in [5.74, 6) is -0.998. The summed E-state index contributed by atoms with van der Waals surface area (Å²) in [6.07, 6.45) is -3.45. The van der Waals surface area contributed by atoms with Crippen molar-refractivity contribution >= 4 is 30.5 Å². The maximum absolute atomic E-state index is 12.7. The van der Waals surface area contributed by atoms with Crippen LogP contribution in [0.1, 0.15) is 22.8 Å². The van der Waals surface area contributed by atoms with Gasteiger partial charge in [0.15, 0.2) is 5.78 Å². The molecule has 2 rings (SSSR count). The lowest BCUT2D eigenvalue weighted by molar-refractivity contribution is -0.137. The Morgan fingerprint density at radius 3 is 2.29 bits per heavy atom. The van der Waals surface area contributed by atoms with Crippen LogP contribution in [0.25, 0.3) is 11.1 Å².